The Bertz CT molecular complexity index is 377. The number of hydrogen-bond acceptors (Lipinski definition) is 1. The molecular formula is C16H24O. The second-order valence-electron chi connectivity index (χ2n) is 6.19. The van der Waals surface area contributed by atoms with Crippen LogP contribution in [0.2, 0.25) is 0 Å². The van der Waals surface area contributed by atoms with Crippen molar-refractivity contribution < 1.29 is 4.74 Å². The molecule has 2 aliphatic carbocycles. The first-order valence-electron chi connectivity index (χ1n) is 7.21. The molecule has 0 unspecified atom stereocenters. The van der Waals surface area contributed by atoms with Gasteiger partial charge in [-0.15, -0.1) is 0 Å². The van der Waals surface area contributed by atoms with Crippen molar-refractivity contribution in [1.82, 2.24) is 0 Å². The predicted octanol–water partition coefficient (Wildman–Crippen LogP) is 4.45. The van der Waals surface area contributed by atoms with E-state index in [0.717, 1.165) is 17.8 Å². The van der Waals surface area contributed by atoms with Crippen LogP contribution in [0.1, 0.15) is 52.9 Å². The van der Waals surface area contributed by atoms with Crippen molar-refractivity contribution in [3.8, 4) is 0 Å². The summed E-state index contributed by atoms with van der Waals surface area (Å²) in [6.45, 7) is 6.87. The fourth-order valence-corrected chi connectivity index (χ4v) is 4.14. The van der Waals surface area contributed by atoms with Crippen LogP contribution < -0.4 is 0 Å². The third-order valence-electron chi connectivity index (χ3n) is 5.26. The summed E-state index contributed by atoms with van der Waals surface area (Å²) in [5, 5.41) is 0. The Kier molecular flexibility index (Phi) is 2.80. The first-order chi connectivity index (χ1) is 8.18. The normalized spacial score (nSPS) is 41.2. The van der Waals surface area contributed by atoms with Crippen molar-refractivity contribution in [1.29, 1.82) is 0 Å². The monoisotopic (exact) mass is 232 g/mol. The summed E-state index contributed by atoms with van der Waals surface area (Å²) < 4.78 is 6.28. The van der Waals surface area contributed by atoms with Crippen molar-refractivity contribution >= 4 is 0 Å². The molecule has 0 radical (unpaired) electrons. The summed E-state index contributed by atoms with van der Waals surface area (Å²) >= 11 is 0. The second-order valence-corrected chi connectivity index (χ2v) is 6.19. The lowest BCUT2D eigenvalue weighted by atomic mass is 9.77. The molecule has 1 nitrogen and oxygen atoms in total. The van der Waals surface area contributed by atoms with Gasteiger partial charge in [0.25, 0.3) is 0 Å². The van der Waals surface area contributed by atoms with E-state index in [1.807, 2.05) is 0 Å². The molecule has 0 aromatic carbocycles. The zero-order valence-corrected chi connectivity index (χ0v) is 11.3. The topological polar surface area (TPSA) is 9.23 Å². The molecule has 0 bridgehead atoms. The summed E-state index contributed by atoms with van der Waals surface area (Å²) in [4.78, 5) is 0. The fourth-order valence-electron chi connectivity index (χ4n) is 4.14. The van der Waals surface area contributed by atoms with Gasteiger partial charge in [0.05, 0.1) is 5.76 Å². The van der Waals surface area contributed by atoms with Crippen LogP contribution in [0.5, 0.6) is 0 Å². The summed E-state index contributed by atoms with van der Waals surface area (Å²) in [5.74, 6) is 3.58. The van der Waals surface area contributed by atoms with E-state index in [9.17, 15) is 0 Å². The zero-order valence-electron chi connectivity index (χ0n) is 11.3. The minimum atomic E-state index is 0.406. The van der Waals surface area contributed by atoms with Gasteiger partial charge in [-0.05, 0) is 68.9 Å². The van der Waals surface area contributed by atoms with Gasteiger partial charge in [0.1, 0.15) is 6.10 Å². The second kappa shape index (κ2) is 4.19. The highest BCUT2D eigenvalue weighted by molar-refractivity contribution is 5.24. The summed E-state index contributed by atoms with van der Waals surface area (Å²) in [7, 11) is 0. The first-order valence-corrected chi connectivity index (χ1v) is 7.21. The lowest BCUT2D eigenvalue weighted by molar-refractivity contribution is 0.0382. The Morgan fingerprint density at radius 3 is 2.76 bits per heavy atom. The third kappa shape index (κ3) is 1.75. The van der Waals surface area contributed by atoms with E-state index in [1.165, 1.54) is 43.4 Å². The number of allylic oxidation sites excluding steroid dienone is 3. The molecule has 0 N–H and O–H groups in total. The Labute approximate surface area is 105 Å². The number of hydrogen-bond donors (Lipinski definition) is 0. The molecule has 1 aliphatic heterocycles. The highest BCUT2D eigenvalue weighted by Crippen LogP contribution is 2.50. The molecule has 3 rings (SSSR count). The standard InChI is InChI=1S/C16H24O/c1-10-8-9-14-11(2)12(3)17-16(15(10)14)13-6-4-5-7-13/h6,10,14-16H,4-5,7-9H2,1-3H3/t10-,14+,15+,16-/m1/s1. The van der Waals surface area contributed by atoms with Crippen LogP contribution in [0, 0.1) is 17.8 Å². The van der Waals surface area contributed by atoms with E-state index in [1.54, 1.807) is 5.57 Å². The van der Waals surface area contributed by atoms with Crippen LogP contribution >= 0.6 is 0 Å². The van der Waals surface area contributed by atoms with Crippen molar-refractivity contribution in [3.05, 3.63) is 23.0 Å². The quantitative estimate of drug-likeness (QED) is 0.607. The largest absolute Gasteiger partial charge is 0.490 e. The zero-order chi connectivity index (χ0) is 12.0. The molecule has 0 saturated heterocycles. The summed E-state index contributed by atoms with van der Waals surface area (Å²) in [6.07, 6.45) is 9.48. The molecule has 0 amide bonds. The minimum Gasteiger partial charge on any atom is -0.490 e. The summed E-state index contributed by atoms with van der Waals surface area (Å²) in [6, 6.07) is 0. The fraction of sp³-hybridized carbons (Fsp3) is 0.750. The van der Waals surface area contributed by atoms with Crippen LogP contribution in [0.3, 0.4) is 0 Å². The molecule has 1 heteroatoms. The van der Waals surface area contributed by atoms with Gasteiger partial charge in [-0.1, -0.05) is 13.0 Å². The van der Waals surface area contributed by atoms with E-state index in [2.05, 4.69) is 26.8 Å². The van der Waals surface area contributed by atoms with Gasteiger partial charge in [-0.2, -0.15) is 0 Å². The molecule has 0 aromatic heterocycles. The lowest BCUT2D eigenvalue weighted by Crippen LogP contribution is -2.36. The maximum absolute atomic E-state index is 6.28. The number of fused-ring (bicyclic) bond motifs is 1. The molecular weight excluding hydrogens is 208 g/mol. The maximum atomic E-state index is 6.28. The van der Waals surface area contributed by atoms with Gasteiger partial charge in [0.15, 0.2) is 0 Å². The molecule has 1 saturated carbocycles. The van der Waals surface area contributed by atoms with Gasteiger partial charge in [0, 0.05) is 5.92 Å². The van der Waals surface area contributed by atoms with Gasteiger partial charge >= 0.3 is 0 Å². The predicted molar refractivity (Wildman–Crippen MR) is 70.6 cm³/mol. The minimum absolute atomic E-state index is 0.406. The third-order valence-corrected chi connectivity index (χ3v) is 5.26. The average Bonchev–Trinajstić information content (AvgIpc) is 2.93. The highest BCUT2D eigenvalue weighted by Gasteiger charge is 2.45. The van der Waals surface area contributed by atoms with Crippen LogP contribution in [0.25, 0.3) is 0 Å². The van der Waals surface area contributed by atoms with Crippen molar-refractivity contribution in [2.24, 2.45) is 17.8 Å². The van der Waals surface area contributed by atoms with Gasteiger partial charge in [0.2, 0.25) is 0 Å². The van der Waals surface area contributed by atoms with Crippen molar-refractivity contribution in [3.63, 3.8) is 0 Å². The van der Waals surface area contributed by atoms with Crippen LogP contribution in [-0.2, 0) is 4.74 Å². The maximum Gasteiger partial charge on any atom is 0.123 e. The Balaban J connectivity index is 1.94. The summed E-state index contributed by atoms with van der Waals surface area (Å²) in [5.41, 5.74) is 3.12. The first kappa shape index (κ1) is 11.4. The van der Waals surface area contributed by atoms with Crippen LogP contribution in [0.15, 0.2) is 23.0 Å². The van der Waals surface area contributed by atoms with Crippen molar-refractivity contribution in [2.75, 3.05) is 0 Å². The molecule has 3 aliphatic rings. The van der Waals surface area contributed by atoms with Gasteiger partial charge in [-0.3, -0.25) is 0 Å². The molecule has 1 heterocycles. The van der Waals surface area contributed by atoms with Gasteiger partial charge < -0.3 is 4.74 Å². The van der Waals surface area contributed by atoms with E-state index in [4.69, 9.17) is 4.74 Å². The Morgan fingerprint density at radius 2 is 2.06 bits per heavy atom. The molecule has 0 spiro atoms. The van der Waals surface area contributed by atoms with Crippen LogP contribution in [0.4, 0.5) is 0 Å². The molecule has 1 fully saturated rings. The lowest BCUT2D eigenvalue weighted by Gasteiger charge is -2.39. The van der Waals surface area contributed by atoms with Crippen LogP contribution in [-0.4, -0.2) is 6.10 Å². The smallest absolute Gasteiger partial charge is 0.123 e. The number of ether oxygens (including phenoxy) is 1. The Morgan fingerprint density at radius 1 is 1.24 bits per heavy atom. The molecule has 4 atom stereocenters. The van der Waals surface area contributed by atoms with E-state index < -0.39 is 0 Å². The van der Waals surface area contributed by atoms with E-state index in [-0.39, 0.29) is 0 Å². The molecule has 0 aromatic rings. The van der Waals surface area contributed by atoms with E-state index >= 15 is 0 Å². The molecule has 17 heavy (non-hydrogen) atoms. The number of rotatable bonds is 1. The SMILES string of the molecule is CC1=C(C)[C@@H]2CC[C@@H](C)[C@@H]2[C@@H](C2=CCCC2)O1. The Hall–Kier alpha value is -0.720. The van der Waals surface area contributed by atoms with E-state index in [0.29, 0.717) is 6.10 Å². The highest BCUT2D eigenvalue weighted by atomic mass is 16.5. The van der Waals surface area contributed by atoms with Crippen molar-refractivity contribution in [2.45, 2.75) is 59.0 Å². The van der Waals surface area contributed by atoms with Gasteiger partial charge in [-0.25, -0.2) is 0 Å². The average molecular weight is 232 g/mol. The molecule has 94 valence electrons.